The van der Waals surface area contributed by atoms with Gasteiger partial charge in [-0.2, -0.15) is 0 Å². The highest BCUT2D eigenvalue weighted by atomic mass is 79.9. The molecule has 0 saturated heterocycles. The van der Waals surface area contributed by atoms with Crippen molar-refractivity contribution in [2.24, 2.45) is 4.99 Å². The van der Waals surface area contributed by atoms with Crippen LogP contribution >= 0.6 is 15.9 Å². The van der Waals surface area contributed by atoms with Gasteiger partial charge < -0.3 is 0 Å². The third-order valence-electron chi connectivity index (χ3n) is 3.35. The average Bonchev–Trinajstić information content (AvgIpc) is 2.89. The van der Waals surface area contributed by atoms with Crippen molar-refractivity contribution in [1.82, 2.24) is 4.98 Å². The van der Waals surface area contributed by atoms with Gasteiger partial charge in [-0.3, -0.25) is 4.99 Å². The zero-order valence-corrected chi connectivity index (χ0v) is 12.1. The first-order valence-corrected chi connectivity index (χ1v) is 7.07. The number of aliphatic imine (C=N–C) groups is 1. The molecule has 0 spiro atoms. The van der Waals surface area contributed by atoms with Crippen LogP contribution in [0.2, 0.25) is 0 Å². The summed E-state index contributed by atoms with van der Waals surface area (Å²) in [6.07, 6.45) is 3.05. The summed E-state index contributed by atoms with van der Waals surface area (Å²) in [6, 6.07) is 7.56. The fourth-order valence-corrected chi connectivity index (χ4v) is 2.61. The molecule has 20 heavy (non-hydrogen) atoms. The number of aromatic nitrogens is 1. The molecule has 1 aliphatic rings. The third-order valence-corrected chi connectivity index (χ3v) is 3.82. The zero-order valence-electron chi connectivity index (χ0n) is 10.5. The fraction of sp³-hybridized carbons (Fsp3) is 0.200. The van der Waals surface area contributed by atoms with E-state index in [2.05, 4.69) is 25.9 Å². The second kappa shape index (κ2) is 5.40. The van der Waals surface area contributed by atoms with Crippen LogP contribution in [0.3, 0.4) is 0 Å². The number of benzene rings is 1. The summed E-state index contributed by atoms with van der Waals surface area (Å²) in [6.45, 7) is 0. The van der Waals surface area contributed by atoms with Crippen LogP contribution in [0.5, 0.6) is 0 Å². The predicted molar refractivity (Wildman–Crippen MR) is 76.8 cm³/mol. The molecule has 3 rings (SSSR count). The highest BCUT2D eigenvalue weighted by molar-refractivity contribution is 9.10. The van der Waals surface area contributed by atoms with Gasteiger partial charge in [-0.05, 0) is 52.5 Å². The number of hydrogen-bond acceptors (Lipinski definition) is 2. The molecule has 1 aromatic heterocycles. The van der Waals surface area contributed by atoms with Crippen LogP contribution in [0.1, 0.15) is 30.0 Å². The summed E-state index contributed by atoms with van der Waals surface area (Å²) in [5.74, 6) is -1.11. The molecular formula is C15H11BrF2N2. The second-order valence-corrected chi connectivity index (χ2v) is 5.45. The summed E-state index contributed by atoms with van der Waals surface area (Å²) in [4.78, 5) is 8.62. The molecule has 1 aromatic carbocycles. The average molecular weight is 337 g/mol. The Morgan fingerprint density at radius 3 is 2.50 bits per heavy atom. The molecule has 2 nitrogen and oxygen atoms in total. The molecule has 1 unspecified atom stereocenters. The Balaban J connectivity index is 1.94. The second-order valence-electron chi connectivity index (χ2n) is 4.64. The number of halogens is 3. The Morgan fingerprint density at radius 2 is 1.85 bits per heavy atom. The quantitative estimate of drug-likeness (QED) is 0.744. The molecule has 0 N–H and O–H groups in total. The molecule has 0 saturated carbocycles. The van der Waals surface area contributed by atoms with E-state index in [0.29, 0.717) is 12.1 Å². The number of nitrogens with zero attached hydrogens (tertiary/aromatic N) is 2. The minimum atomic E-state index is -0.557. The van der Waals surface area contributed by atoms with Crippen molar-refractivity contribution >= 4 is 21.6 Å². The van der Waals surface area contributed by atoms with Gasteiger partial charge >= 0.3 is 0 Å². The zero-order chi connectivity index (χ0) is 14.1. The smallest absolute Gasteiger partial charge is 0.135 e. The molecule has 0 fully saturated rings. The fourth-order valence-electron chi connectivity index (χ4n) is 2.38. The molecule has 0 aliphatic carbocycles. The van der Waals surface area contributed by atoms with Crippen molar-refractivity contribution in [2.45, 2.75) is 18.9 Å². The molecule has 0 bridgehead atoms. The number of hydrogen-bond donors (Lipinski definition) is 0. The topological polar surface area (TPSA) is 25.2 Å². The first kappa shape index (κ1) is 13.4. The maximum atomic E-state index is 13.7. The van der Waals surface area contributed by atoms with E-state index in [1.54, 1.807) is 6.20 Å². The van der Waals surface area contributed by atoms with Crippen LogP contribution < -0.4 is 0 Å². The van der Waals surface area contributed by atoms with E-state index >= 15 is 0 Å². The monoisotopic (exact) mass is 336 g/mol. The molecule has 0 amide bonds. The van der Waals surface area contributed by atoms with Crippen LogP contribution in [0.15, 0.2) is 46.1 Å². The van der Waals surface area contributed by atoms with Crippen molar-refractivity contribution in [2.75, 3.05) is 0 Å². The van der Waals surface area contributed by atoms with Crippen molar-refractivity contribution in [1.29, 1.82) is 0 Å². The third kappa shape index (κ3) is 2.50. The normalized spacial score (nSPS) is 18.1. The Hall–Kier alpha value is -1.62. The molecule has 2 heterocycles. The molecule has 1 aliphatic heterocycles. The lowest BCUT2D eigenvalue weighted by Crippen LogP contribution is -2.03. The molecule has 102 valence electrons. The van der Waals surface area contributed by atoms with Gasteiger partial charge in [0.2, 0.25) is 0 Å². The molecule has 2 aromatic rings. The lowest BCUT2D eigenvalue weighted by atomic mass is 10.0. The van der Waals surface area contributed by atoms with Crippen molar-refractivity contribution in [3.63, 3.8) is 0 Å². The standard InChI is InChI=1S/C15H11BrF2N2/c16-14-7-4-9(8-19-14)12-5-6-13(20-12)15-10(17)2-1-3-11(15)18/h1-4,7-8,12H,5-6H2. The highest BCUT2D eigenvalue weighted by Gasteiger charge is 2.24. The van der Waals surface area contributed by atoms with Crippen molar-refractivity contribution in [3.05, 3.63) is 63.9 Å². The van der Waals surface area contributed by atoms with Gasteiger partial charge in [0.05, 0.1) is 11.6 Å². The lowest BCUT2D eigenvalue weighted by Gasteiger charge is -2.06. The van der Waals surface area contributed by atoms with Gasteiger partial charge in [-0.15, -0.1) is 0 Å². The van der Waals surface area contributed by atoms with Gasteiger partial charge in [0.25, 0.3) is 0 Å². The largest absolute Gasteiger partial charge is 0.281 e. The summed E-state index contributed by atoms with van der Waals surface area (Å²) < 4.78 is 28.2. The Morgan fingerprint density at radius 1 is 1.10 bits per heavy atom. The van der Waals surface area contributed by atoms with E-state index < -0.39 is 11.6 Å². The number of rotatable bonds is 2. The first-order chi connectivity index (χ1) is 9.65. The van der Waals surface area contributed by atoms with Crippen molar-refractivity contribution < 1.29 is 8.78 Å². The van der Waals surface area contributed by atoms with Crippen LogP contribution in [0.25, 0.3) is 0 Å². The van der Waals surface area contributed by atoms with E-state index in [1.165, 1.54) is 18.2 Å². The number of pyridine rings is 1. The van der Waals surface area contributed by atoms with Crippen LogP contribution in [-0.4, -0.2) is 10.7 Å². The predicted octanol–water partition coefficient (Wildman–Crippen LogP) is 4.45. The van der Waals surface area contributed by atoms with E-state index in [0.717, 1.165) is 16.6 Å². The van der Waals surface area contributed by atoms with E-state index in [4.69, 9.17) is 0 Å². The van der Waals surface area contributed by atoms with E-state index in [1.807, 2.05) is 12.1 Å². The minimum absolute atomic E-state index is 0.0000656. The maximum absolute atomic E-state index is 13.7. The van der Waals surface area contributed by atoms with E-state index in [9.17, 15) is 8.78 Å². The summed E-state index contributed by atoms with van der Waals surface area (Å²) in [5.41, 5.74) is 1.45. The van der Waals surface area contributed by atoms with Gasteiger partial charge in [0.1, 0.15) is 16.2 Å². The summed E-state index contributed by atoms with van der Waals surface area (Å²) in [5, 5.41) is 0. The van der Waals surface area contributed by atoms with Gasteiger partial charge in [-0.25, -0.2) is 13.8 Å². The minimum Gasteiger partial charge on any atom is -0.281 e. The lowest BCUT2D eigenvalue weighted by molar-refractivity contribution is 0.578. The SMILES string of the molecule is Fc1cccc(F)c1C1=NC(c2ccc(Br)nc2)CC1. The van der Waals surface area contributed by atoms with Crippen LogP contribution in [0.4, 0.5) is 8.78 Å². The Labute approximate surface area is 123 Å². The van der Waals surface area contributed by atoms with E-state index in [-0.39, 0.29) is 11.6 Å². The van der Waals surface area contributed by atoms with Crippen LogP contribution in [0, 0.1) is 11.6 Å². The maximum Gasteiger partial charge on any atom is 0.135 e. The molecule has 5 heteroatoms. The van der Waals surface area contributed by atoms with Gasteiger partial charge in [0.15, 0.2) is 0 Å². The molecular weight excluding hydrogens is 326 g/mol. The van der Waals surface area contributed by atoms with Crippen molar-refractivity contribution in [3.8, 4) is 0 Å². The first-order valence-electron chi connectivity index (χ1n) is 6.27. The molecule has 1 atom stereocenters. The van der Waals surface area contributed by atoms with Gasteiger partial charge in [-0.1, -0.05) is 12.1 Å². The highest BCUT2D eigenvalue weighted by Crippen LogP contribution is 2.32. The summed E-state index contributed by atoms with van der Waals surface area (Å²) in [7, 11) is 0. The van der Waals surface area contributed by atoms with Gasteiger partial charge in [0, 0.05) is 11.9 Å². The summed E-state index contributed by atoms with van der Waals surface area (Å²) >= 11 is 3.28. The van der Waals surface area contributed by atoms with Crippen LogP contribution in [-0.2, 0) is 0 Å². The Bertz CT molecular complexity index is 648. The Kier molecular flexibility index (Phi) is 3.61. The molecule has 0 radical (unpaired) electrons.